The SMILES string of the molecule is CCCCCC(OC(=O)C[N+](C)(C)CCOC(C)=O)C(O)C=CCCCCCCCC(=O)OCCCCCCCCOC(=O)CCCCCCCC=CC(O)C(CCCCC)OC(=O)C[N+](C)(C)CCOC(C)=O.[Cl-].[Cl-]. The zero-order valence-electron chi connectivity index (χ0n) is 48.5. The number of esters is 6. The Morgan fingerprint density at radius 2 is 0.750 bits per heavy atom. The van der Waals surface area contributed by atoms with E-state index in [-0.39, 0.29) is 86.9 Å². The third kappa shape index (κ3) is 49.0. The average molecular weight is 1130 g/mol. The molecule has 0 aliphatic rings. The first-order valence-electron chi connectivity index (χ1n) is 28.6. The van der Waals surface area contributed by atoms with Crippen LogP contribution in [0, 0.1) is 0 Å². The molecule has 0 aliphatic carbocycles. The first-order chi connectivity index (χ1) is 35.3. The number of hydrogen-bond donors (Lipinski definition) is 2. The van der Waals surface area contributed by atoms with E-state index in [1.54, 1.807) is 12.2 Å². The van der Waals surface area contributed by atoms with E-state index in [1.165, 1.54) is 13.8 Å². The monoisotopic (exact) mass is 1120 g/mol. The molecule has 0 saturated heterocycles. The quantitative estimate of drug-likeness (QED) is 0.0292. The summed E-state index contributed by atoms with van der Waals surface area (Å²) in [6.07, 6.45) is 29.3. The van der Waals surface area contributed by atoms with Crippen molar-refractivity contribution in [2.24, 2.45) is 0 Å². The van der Waals surface area contributed by atoms with E-state index in [2.05, 4.69) is 13.8 Å². The van der Waals surface area contributed by atoms with E-state index in [4.69, 9.17) is 28.4 Å². The molecule has 0 rings (SSSR count). The lowest BCUT2D eigenvalue weighted by Crippen LogP contribution is -3.00. The summed E-state index contributed by atoms with van der Waals surface area (Å²) in [4.78, 5) is 72.1. The summed E-state index contributed by atoms with van der Waals surface area (Å²) in [5, 5.41) is 21.7. The number of rotatable bonds is 49. The normalized spacial score (nSPS) is 13.2. The number of allylic oxidation sites excluding steroid dienone is 2. The van der Waals surface area contributed by atoms with Crippen LogP contribution in [-0.2, 0) is 57.2 Å². The number of carbonyl (C=O) groups is 6. The van der Waals surface area contributed by atoms with Crippen molar-refractivity contribution in [2.45, 2.75) is 232 Å². The van der Waals surface area contributed by atoms with Gasteiger partial charge in [-0.25, -0.2) is 9.59 Å². The Hall–Kier alpha value is -3.28. The first-order valence-corrected chi connectivity index (χ1v) is 28.6. The second kappa shape index (κ2) is 50.0. The van der Waals surface area contributed by atoms with Crippen molar-refractivity contribution >= 4 is 35.8 Å². The van der Waals surface area contributed by atoms with Gasteiger partial charge in [-0.1, -0.05) is 128 Å². The van der Waals surface area contributed by atoms with Crippen molar-refractivity contribution in [1.29, 1.82) is 0 Å². The standard InChI is InChI=1S/C58H106N2O14.2ClH/c1-9-11-27-37-53(73-57(67)47-59(5,6)41-45-69-49(3)61)51(63)35-29-21-15-13-17-23-31-39-55(65)71-43-33-25-19-20-26-34-44-72-56(66)40-32-24-18-14-16-22-30-36-52(64)54(38-28-12-10-2)74-58(68)48-60(7,8)42-46-70-50(4)62;;/h29-30,35-36,51-54,63-64H,9-28,31-34,37-48H2,1-8H3;2*1H/q+2;;/p-2. The summed E-state index contributed by atoms with van der Waals surface area (Å²) in [5.74, 6) is -1.75. The molecule has 16 nitrogen and oxygen atoms in total. The van der Waals surface area contributed by atoms with Gasteiger partial charge in [-0.15, -0.1) is 0 Å². The Balaban J connectivity index is -0.0000266. The summed E-state index contributed by atoms with van der Waals surface area (Å²) < 4.78 is 33.0. The number of nitrogens with zero attached hydrogens (tertiary/aromatic N) is 2. The molecule has 0 radical (unpaired) electrons. The van der Waals surface area contributed by atoms with Crippen LogP contribution in [-0.4, -0.2) is 160 Å². The number of likely N-dealkylation sites (N-methyl/N-ethyl adjacent to an activating group) is 2. The van der Waals surface area contributed by atoms with E-state index in [9.17, 15) is 39.0 Å². The molecular formula is C58H106Cl2N2O14. The van der Waals surface area contributed by atoms with Crippen molar-refractivity contribution in [1.82, 2.24) is 0 Å². The number of carbonyl (C=O) groups excluding carboxylic acids is 6. The number of halogens is 2. The molecule has 0 bridgehead atoms. The minimum Gasteiger partial charge on any atom is -1.00 e. The smallest absolute Gasteiger partial charge is 0.362 e. The fraction of sp³-hybridized carbons (Fsp3) is 0.828. The first kappa shape index (κ1) is 77.0. The lowest BCUT2D eigenvalue weighted by atomic mass is 10.0. The van der Waals surface area contributed by atoms with Gasteiger partial charge in [-0.2, -0.15) is 0 Å². The topological polar surface area (TPSA) is 198 Å². The molecular weight excluding hydrogens is 1020 g/mol. The van der Waals surface area contributed by atoms with Gasteiger partial charge in [0, 0.05) is 26.7 Å². The van der Waals surface area contributed by atoms with Gasteiger partial charge in [0.25, 0.3) is 0 Å². The Kier molecular flexibility index (Phi) is 50.6. The largest absolute Gasteiger partial charge is 1.00 e. The molecule has 446 valence electrons. The molecule has 0 aromatic rings. The Morgan fingerprint density at radius 1 is 0.421 bits per heavy atom. The lowest BCUT2D eigenvalue weighted by Gasteiger charge is -2.29. The van der Waals surface area contributed by atoms with Gasteiger partial charge in [0.15, 0.2) is 13.1 Å². The summed E-state index contributed by atoms with van der Waals surface area (Å²) in [6.45, 7) is 9.46. The van der Waals surface area contributed by atoms with E-state index < -0.39 is 24.4 Å². The molecule has 0 aromatic heterocycles. The zero-order chi connectivity index (χ0) is 55.3. The van der Waals surface area contributed by atoms with Crippen LogP contribution in [0.4, 0.5) is 0 Å². The second-order valence-corrected chi connectivity index (χ2v) is 21.4. The van der Waals surface area contributed by atoms with Crippen LogP contribution in [0.3, 0.4) is 0 Å². The average Bonchev–Trinajstić information content (AvgIpc) is 3.32. The molecule has 0 heterocycles. The minimum atomic E-state index is -0.875. The third-order valence-electron chi connectivity index (χ3n) is 12.9. The van der Waals surface area contributed by atoms with Gasteiger partial charge in [-0.05, 0) is 77.0 Å². The van der Waals surface area contributed by atoms with E-state index >= 15 is 0 Å². The molecule has 0 aromatic carbocycles. The number of ether oxygens (including phenoxy) is 6. The van der Waals surface area contributed by atoms with Crippen LogP contribution in [0.15, 0.2) is 24.3 Å². The van der Waals surface area contributed by atoms with Crippen LogP contribution >= 0.6 is 0 Å². The number of hydrogen-bond acceptors (Lipinski definition) is 14. The van der Waals surface area contributed by atoms with Gasteiger partial charge in [0.2, 0.25) is 0 Å². The predicted molar refractivity (Wildman–Crippen MR) is 290 cm³/mol. The number of aliphatic hydroxyl groups excluding tert-OH is 2. The maximum atomic E-state index is 12.8. The zero-order valence-corrected chi connectivity index (χ0v) is 50.0. The molecule has 0 aliphatic heterocycles. The Bertz CT molecular complexity index is 1450. The van der Waals surface area contributed by atoms with Crippen molar-refractivity contribution in [3.05, 3.63) is 24.3 Å². The van der Waals surface area contributed by atoms with Gasteiger partial charge < -0.3 is 72.4 Å². The number of unbranched alkanes of at least 4 members (excludes halogenated alkanes) is 19. The Labute approximate surface area is 472 Å². The highest BCUT2D eigenvalue weighted by atomic mass is 35.5. The van der Waals surface area contributed by atoms with E-state index in [1.807, 2.05) is 40.3 Å². The van der Waals surface area contributed by atoms with Crippen LogP contribution in [0.25, 0.3) is 0 Å². The van der Waals surface area contributed by atoms with Gasteiger partial charge in [-0.3, -0.25) is 19.2 Å². The van der Waals surface area contributed by atoms with Gasteiger partial charge in [0.05, 0.1) is 41.4 Å². The fourth-order valence-corrected chi connectivity index (χ4v) is 8.20. The predicted octanol–water partition coefficient (Wildman–Crippen LogP) is 3.98. The Morgan fingerprint density at radius 3 is 1.09 bits per heavy atom. The fourth-order valence-electron chi connectivity index (χ4n) is 8.20. The van der Waals surface area contributed by atoms with Crippen molar-refractivity contribution < 1.29 is 101 Å². The van der Waals surface area contributed by atoms with Crippen molar-refractivity contribution in [3.8, 4) is 0 Å². The van der Waals surface area contributed by atoms with E-state index in [0.29, 0.717) is 61.0 Å². The highest BCUT2D eigenvalue weighted by Gasteiger charge is 2.28. The summed E-state index contributed by atoms with van der Waals surface area (Å²) in [6, 6.07) is 0. The number of aliphatic hydroxyl groups is 2. The molecule has 18 heteroatoms. The molecule has 0 fully saturated rings. The molecule has 0 saturated carbocycles. The maximum Gasteiger partial charge on any atom is 0.362 e. The molecule has 4 unspecified atom stereocenters. The van der Waals surface area contributed by atoms with Crippen LogP contribution in [0.2, 0.25) is 0 Å². The minimum absolute atomic E-state index is 0. The highest BCUT2D eigenvalue weighted by Crippen LogP contribution is 2.17. The molecule has 0 amide bonds. The van der Waals surface area contributed by atoms with E-state index in [0.717, 1.165) is 154 Å². The van der Waals surface area contributed by atoms with Crippen LogP contribution in [0.1, 0.15) is 207 Å². The lowest BCUT2D eigenvalue weighted by molar-refractivity contribution is -0.883. The summed E-state index contributed by atoms with van der Waals surface area (Å²) in [7, 11) is 7.50. The van der Waals surface area contributed by atoms with Crippen LogP contribution in [0.5, 0.6) is 0 Å². The second-order valence-electron chi connectivity index (χ2n) is 21.4. The highest BCUT2D eigenvalue weighted by molar-refractivity contribution is 5.71. The summed E-state index contributed by atoms with van der Waals surface area (Å²) in [5.41, 5.74) is 0. The number of quaternary nitrogens is 2. The van der Waals surface area contributed by atoms with Crippen molar-refractivity contribution in [3.63, 3.8) is 0 Å². The summed E-state index contributed by atoms with van der Waals surface area (Å²) >= 11 is 0. The third-order valence-corrected chi connectivity index (χ3v) is 12.9. The molecule has 76 heavy (non-hydrogen) atoms. The molecule has 2 N–H and O–H groups in total. The molecule has 4 atom stereocenters. The van der Waals surface area contributed by atoms with Crippen LogP contribution < -0.4 is 24.8 Å². The molecule has 0 spiro atoms. The maximum absolute atomic E-state index is 12.8. The van der Waals surface area contributed by atoms with Gasteiger partial charge >= 0.3 is 35.8 Å². The van der Waals surface area contributed by atoms with Crippen molar-refractivity contribution in [2.75, 3.05) is 80.8 Å². The van der Waals surface area contributed by atoms with Gasteiger partial charge in [0.1, 0.15) is 50.7 Å².